The van der Waals surface area contributed by atoms with Gasteiger partial charge < -0.3 is 5.32 Å². The number of aryl methyl sites for hydroxylation is 1. The fourth-order valence-corrected chi connectivity index (χ4v) is 3.84. The van der Waals surface area contributed by atoms with Gasteiger partial charge >= 0.3 is 0 Å². The molecule has 120 valence electrons. The maximum atomic E-state index is 12.0. The second-order valence-electron chi connectivity index (χ2n) is 5.20. The van der Waals surface area contributed by atoms with E-state index in [4.69, 9.17) is 0 Å². The van der Waals surface area contributed by atoms with Gasteiger partial charge in [-0.25, -0.2) is 0 Å². The number of anilines is 2. The maximum absolute atomic E-state index is 12.0. The van der Waals surface area contributed by atoms with Crippen LogP contribution in [0, 0.1) is 6.92 Å². The molecular weight excluding hydrogens is 332 g/mol. The molecular formula is C15H16N4O2S2. The van der Waals surface area contributed by atoms with E-state index < -0.39 is 0 Å². The third-order valence-corrected chi connectivity index (χ3v) is 5.36. The van der Waals surface area contributed by atoms with Crippen LogP contribution < -0.4 is 5.32 Å². The van der Waals surface area contributed by atoms with Crippen molar-refractivity contribution in [2.75, 3.05) is 17.6 Å². The molecule has 1 saturated heterocycles. The summed E-state index contributed by atoms with van der Waals surface area (Å²) in [6, 6.07) is 7.99. The van der Waals surface area contributed by atoms with Crippen molar-refractivity contribution in [2.45, 2.75) is 24.1 Å². The maximum Gasteiger partial charge on any atom is 0.239 e. The quantitative estimate of drug-likeness (QED) is 0.838. The number of thioether (sulfide) groups is 1. The van der Waals surface area contributed by atoms with Gasteiger partial charge in [0.25, 0.3) is 0 Å². The summed E-state index contributed by atoms with van der Waals surface area (Å²) in [5.74, 6) is -0.0133. The number of benzene rings is 1. The molecule has 0 bridgehead atoms. The molecule has 1 aromatic heterocycles. The van der Waals surface area contributed by atoms with Gasteiger partial charge in [-0.05, 0) is 25.5 Å². The average Bonchev–Trinajstić information content (AvgIpc) is 3.16. The van der Waals surface area contributed by atoms with E-state index in [9.17, 15) is 9.59 Å². The molecule has 1 aliphatic rings. The van der Waals surface area contributed by atoms with Crippen molar-refractivity contribution >= 4 is 45.7 Å². The number of carbonyl (C=O) groups excluding carboxylic acids is 2. The summed E-state index contributed by atoms with van der Waals surface area (Å²) in [6.07, 6.45) is 1.23. The van der Waals surface area contributed by atoms with Crippen molar-refractivity contribution in [3.05, 3.63) is 29.8 Å². The van der Waals surface area contributed by atoms with E-state index in [-0.39, 0.29) is 17.6 Å². The lowest BCUT2D eigenvalue weighted by atomic mass is 10.2. The first-order valence-electron chi connectivity index (χ1n) is 7.25. The second kappa shape index (κ2) is 7.10. The van der Waals surface area contributed by atoms with E-state index in [1.807, 2.05) is 31.2 Å². The predicted octanol–water partition coefficient (Wildman–Crippen LogP) is 2.83. The van der Waals surface area contributed by atoms with E-state index in [2.05, 4.69) is 15.5 Å². The molecule has 6 nitrogen and oxygen atoms in total. The molecule has 1 aliphatic heterocycles. The third-order valence-electron chi connectivity index (χ3n) is 3.40. The molecule has 23 heavy (non-hydrogen) atoms. The van der Waals surface area contributed by atoms with Gasteiger partial charge in [-0.2, -0.15) is 0 Å². The predicted molar refractivity (Wildman–Crippen MR) is 91.0 cm³/mol. The van der Waals surface area contributed by atoms with Gasteiger partial charge in [-0.3, -0.25) is 14.5 Å². The van der Waals surface area contributed by atoms with Gasteiger partial charge in [-0.15, -0.1) is 10.2 Å². The lowest BCUT2D eigenvalue weighted by molar-refractivity contribution is -0.140. The van der Waals surface area contributed by atoms with Crippen molar-refractivity contribution in [1.82, 2.24) is 15.1 Å². The summed E-state index contributed by atoms with van der Waals surface area (Å²) in [7, 11) is 0. The van der Waals surface area contributed by atoms with Crippen molar-refractivity contribution in [3.8, 4) is 0 Å². The Balaban J connectivity index is 1.54. The molecule has 1 aromatic carbocycles. The first-order valence-corrected chi connectivity index (χ1v) is 9.05. The van der Waals surface area contributed by atoms with Crippen LogP contribution >= 0.6 is 23.1 Å². The van der Waals surface area contributed by atoms with E-state index >= 15 is 0 Å². The highest BCUT2D eigenvalue weighted by atomic mass is 32.2. The van der Waals surface area contributed by atoms with Crippen LogP contribution in [0.4, 0.5) is 10.8 Å². The smallest absolute Gasteiger partial charge is 0.239 e. The topological polar surface area (TPSA) is 75.2 Å². The number of likely N-dealkylation sites (tertiary alicyclic amines) is 1. The van der Waals surface area contributed by atoms with E-state index in [1.165, 1.54) is 33.6 Å². The number of rotatable bonds is 5. The zero-order valence-electron chi connectivity index (χ0n) is 12.6. The number of hydrogen-bond donors (Lipinski definition) is 1. The molecule has 1 N–H and O–H groups in total. The van der Waals surface area contributed by atoms with E-state index in [0.717, 1.165) is 12.1 Å². The van der Waals surface area contributed by atoms with Crippen LogP contribution in [0.25, 0.3) is 0 Å². The fourth-order valence-electron chi connectivity index (χ4n) is 2.19. The van der Waals surface area contributed by atoms with Crippen LogP contribution in [0.2, 0.25) is 0 Å². The summed E-state index contributed by atoms with van der Waals surface area (Å²) >= 11 is 2.70. The highest BCUT2D eigenvalue weighted by molar-refractivity contribution is 8.01. The molecule has 2 heterocycles. The van der Waals surface area contributed by atoms with Gasteiger partial charge in [0.15, 0.2) is 4.34 Å². The minimum Gasteiger partial charge on any atom is -0.330 e. The van der Waals surface area contributed by atoms with E-state index in [1.54, 1.807) is 0 Å². The first-order chi connectivity index (χ1) is 11.1. The largest absolute Gasteiger partial charge is 0.330 e. The number of carbonyl (C=O) groups is 2. The van der Waals surface area contributed by atoms with Crippen LogP contribution in [-0.2, 0) is 9.59 Å². The first kappa shape index (κ1) is 15.9. The number of nitrogens with one attached hydrogen (secondary N) is 1. The van der Waals surface area contributed by atoms with Crippen LogP contribution in [-0.4, -0.2) is 39.2 Å². The second-order valence-corrected chi connectivity index (χ2v) is 7.40. The van der Waals surface area contributed by atoms with Crippen LogP contribution in [0.1, 0.15) is 18.4 Å². The van der Waals surface area contributed by atoms with Gasteiger partial charge in [0, 0.05) is 18.7 Å². The van der Waals surface area contributed by atoms with Crippen LogP contribution in [0.3, 0.4) is 0 Å². The number of imide groups is 1. The average molecular weight is 348 g/mol. The van der Waals surface area contributed by atoms with Crippen LogP contribution in [0.5, 0.6) is 0 Å². The standard InChI is InChI=1S/C15H16N4O2S2/c1-10-4-6-11(7-5-10)16-14-17-18-15(23-14)22-9-13(21)19-8-2-3-12(19)20/h4-7H,2-3,8-9H2,1H3,(H,16,17). The van der Waals surface area contributed by atoms with Gasteiger partial charge in [0.05, 0.1) is 5.75 Å². The minimum atomic E-state index is -0.152. The number of hydrogen-bond acceptors (Lipinski definition) is 7. The van der Waals surface area contributed by atoms with Gasteiger partial charge in [-0.1, -0.05) is 40.8 Å². The molecule has 0 unspecified atom stereocenters. The Labute approximate surface area is 142 Å². The third kappa shape index (κ3) is 4.08. The fraction of sp³-hybridized carbons (Fsp3) is 0.333. The molecule has 8 heteroatoms. The summed E-state index contributed by atoms with van der Waals surface area (Å²) in [5.41, 5.74) is 2.14. The number of aromatic nitrogens is 2. The lowest BCUT2D eigenvalue weighted by Gasteiger charge is -2.11. The van der Waals surface area contributed by atoms with Crippen LogP contribution in [0.15, 0.2) is 28.6 Å². The number of amides is 2. The molecule has 0 atom stereocenters. The highest BCUT2D eigenvalue weighted by Gasteiger charge is 2.26. The Hall–Kier alpha value is -1.93. The van der Waals surface area contributed by atoms with Gasteiger partial charge in [0.2, 0.25) is 16.9 Å². The Morgan fingerprint density at radius 2 is 2.13 bits per heavy atom. The molecule has 2 aromatic rings. The molecule has 2 amide bonds. The Bertz CT molecular complexity index is 715. The molecule has 0 aliphatic carbocycles. The monoisotopic (exact) mass is 348 g/mol. The summed E-state index contributed by atoms with van der Waals surface area (Å²) < 4.78 is 0.708. The molecule has 3 rings (SSSR count). The van der Waals surface area contributed by atoms with Crippen molar-refractivity contribution in [3.63, 3.8) is 0 Å². The normalized spacial score (nSPS) is 14.3. The highest BCUT2D eigenvalue weighted by Crippen LogP contribution is 2.28. The Morgan fingerprint density at radius 1 is 1.35 bits per heavy atom. The zero-order chi connectivity index (χ0) is 16.2. The van der Waals surface area contributed by atoms with Crippen molar-refractivity contribution in [2.24, 2.45) is 0 Å². The minimum absolute atomic E-state index is 0.0745. The molecule has 0 radical (unpaired) electrons. The molecule has 0 spiro atoms. The molecule has 1 fully saturated rings. The number of nitrogens with zero attached hydrogens (tertiary/aromatic N) is 3. The zero-order valence-corrected chi connectivity index (χ0v) is 14.2. The van der Waals surface area contributed by atoms with E-state index in [0.29, 0.717) is 22.4 Å². The summed E-state index contributed by atoms with van der Waals surface area (Å²) in [4.78, 5) is 24.8. The lowest BCUT2D eigenvalue weighted by Crippen LogP contribution is -2.33. The van der Waals surface area contributed by atoms with Gasteiger partial charge in [0.1, 0.15) is 0 Å². The SMILES string of the molecule is Cc1ccc(Nc2nnc(SCC(=O)N3CCCC3=O)s2)cc1. The summed E-state index contributed by atoms with van der Waals surface area (Å²) in [6.45, 7) is 2.57. The van der Waals surface area contributed by atoms with Crippen molar-refractivity contribution < 1.29 is 9.59 Å². The Morgan fingerprint density at radius 3 is 2.83 bits per heavy atom. The summed E-state index contributed by atoms with van der Waals surface area (Å²) in [5, 5.41) is 12.0. The van der Waals surface area contributed by atoms with Crippen molar-refractivity contribution in [1.29, 1.82) is 0 Å². The molecule has 0 saturated carbocycles. The Kier molecular flexibility index (Phi) is 4.92.